The fourth-order valence-electron chi connectivity index (χ4n) is 5.40. The molecule has 39 heavy (non-hydrogen) atoms. The van der Waals surface area contributed by atoms with E-state index in [9.17, 15) is 0 Å². The molecule has 0 amide bonds. The molecule has 0 saturated carbocycles. The summed E-state index contributed by atoms with van der Waals surface area (Å²) in [5, 5.41) is 1.42. The third-order valence-electron chi connectivity index (χ3n) is 7.29. The van der Waals surface area contributed by atoms with Crippen molar-refractivity contribution in [1.82, 2.24) is 0 Å². The third-order valence-corrected chi connectivity index (χ3v) is 8.63. The molecule has 0 aliphatic rings. The molecule has 0 heterocycles. The van der Waals surface area contributed by atoms with E-state index in [0.717, 1.165) is 0 Å². The molecule has 0 aromatic heterocycles. The molecule has 0 aliphatic carbocycles. The summed E-state index contributed by atoms with van der Waals surface area (Å²) in [7, 11) is -0.149. The Kier molecular flexibility index (Phi) is 7.22. The van der Waals surface area contributed by atoms with Crippen LogP contribution in [0, 0.1) is 0 Å². The van der Waals surface area contributed by atoms with Gasteiger partial charge in [0.15, 0.2) is 0 Å². The summed E-state index contributed by atoms with van der Waals surface area (Å²) in [6, 6.07) is 55.1. The highest BCUT2D eigenvalue weighted by atomic mass is 31.1. The fourth-order valence-corrected chi connectivity index (χ4v) is 6.14. The van der Waals surface area contributed by atoms with Crippen LogP contribution in [0.25, 0.3) is 55.6 Å². The van der Waals surface area contributed by atoms with Gasteiger partial charge in [0.2, 0.25) is 0 Å². The highest BCUT2D eigenvalue weighted by Gasteiger charge is 2.23. The van der Waals surface area contributed by atoms with E-state index in [2.05, 4.69) is 165 Å². The molecule has 0 atom stereocenters. The van der Waals surface area contributed by atoms with E-state index >= 15 is 0 Å². The minimum atomic E-state index is -0.149. The molecule has 1 heteroatoms. The van der Waals surface area contributed by atoms with Crippen LogP contribution in [0.5, 0.6) is 0 Å². The van der Waals surface area contributed by atoms with Crippen molar-refractivity contribution in [2.24, 2.45) is 0 Å². The largest absolute Gasteiger partial charge is 0.0817 e. The fraction of sp³-hybridized carbons (Fsp3) is 0.0526. The average Bonchev–Trinajstić information content (AvgIpc) is 3.02. The van der Waals surface area contributed by atoms with Crippen LogP contribution in [-0.4, -0.2) is 13.3 Å². The second kappa shape index (κ2) is 11.2. The van der Waals surface area contributed by atoms with Gasteiger partial charge < -0.3 is 0 Å². The predicted molar refractivity (Wildman–Crippen MR) is 172 cm³/mol. The molecule has 0 saturated heterocycles. The third kappa shape index (κ3) is 5.09. The van der Waals surface area contributed by atoms with Crippen molar-refractivity contribution in [1.29, 1.82) is 0 Å². The zero-order chi connectivity index (χ0) is 26.6. The second-order valence-electron chi connectivity index (χ2n) is 10.0. The van der Waals surface area contributed by atoms with E-state index in [1.807, 2.05) is 0 Å². The van der Waals surface area contributed by atoms with Crippen LogP contribution in [0.15, 0.2) is 152 Å². The standard InChI is InChI=1S/C38H31P/c1-39(2)33-25-23-29(24-26-33)35-27-34(28-15-7-3-8-16-28)36(30-17-9-4-10-18-30)38(32-21-13-6-14-22-32)37(35)31-19-11-5-12-20-31/h3-27H,1-2H3. The predicted octanol–water partition coefficient (Wildman–Crippen LogP) is 10.4. The van der Waals surface area contributed by atoms with Crippen LogP contribution < -0.4 is 5.30 Å². The monoisotopic (exact) mass is 518 g/mol. The lowest BCUT2D eigenvalue weighted by atomic mass is 9.79. The molecule has 0 bridgehead atoms. The highest BCUT2D eigenvalue weighted by molar-refractivity contribution is 7.64. The van der Waals surface area contributed by atoms with Gasteiger partial charge in [0.1, 0.15) is 0 Å². The van der Waals surface area contributed by atoms with E-state index in [1.165, 1.54) is 60.9 Å². The first kappa shape index (κ1) is 25.1. The zero-order valence-electron chi connectivity index (χ0n) is 22.4. The van der Waals surface area contributed by atoms with Gasteiger partial charge in [0, 0.05) is 0 Å². The van der Waals surface area contributed by atoms with E-state index in [-0.39, 0.29) is 7.92 Å². The number of rotatable bonds is 6. The summed E-state index contributed by atoms with van der Waals surface area (Å²) in [4.78, 5) is 0. The van der Waals surface area contributed by atoms with Crippen LogP contribution in [0.3, 0.4) is 0 Å². The molecule has 0 aliphatic heterocycles. The number of hydrogen-bond acceptors (Lipinski definition) is 0. The Labute approximate surface area is 233 Å². The van der Waals surface area contributed by atoms with Gasteiger partial charge in [-0.25, -0.2) is 0 Å². The molecule has 0 nitrogen and oxygen atoms in total. The smallest absolute Gasteiger partial charge is 0.00143 e. The first-order valence-electron chi connectivity index (χ1n) is 13.4. The first-order chi connectivity index (χ1) is 19.2. The summed E-state index contributed by atoms with van der Waals surface area (Å²) in [5.41, 5.74) is 12.4. The maximum atomic E-state index is 2.42. The molecule has 188 valence electrons. The topological polar surface area (TPSA) is 0 Å². The highest BCUT2D eigenvalue weighted by Crippen LogP contribution is 2.50. The van der Waals surface area contributed by atoms with Crippen molar-refractivity contribution in [3.8, 4) is 55.6 Å². The van der Waals surface area contributed by atoms with E-state index in [4.69, 9.17) is 0 Å². The average molecular weight is 519 g/mol. The van der Waals surface area contributed by atoms with Gasteiger partial charge in [-0.2, -0.15) is 0 Å². The van der Waals surface area contributed by atoms with Crippen LogP contribution in [0.1, 0.15) is 0 Å². The van der Waals surface area contributed by atoms with Gasteiger partial charge in [-0.1, -0.05) is 154 Å². The van der Waals surface area contributed by atoms with Crippen LogP contribution in [-0.2, 0) is 0 Å². The lowest BCUT2D eigenvalue weighted by Crippen LogP contribution is -2.00. The quantitative estimate of drug-likeness (QED) is 0.192. The first-order valence-corrected chi connectivity index (χ1v) is 15.6. The molecule has 0 N–H and O–H groups in total. The van der Waals surface area contributed by atoms with Crippen LogP contribution >= 0.6 is 7.92 Å². The maximum Gasteiger partial charge on any atom is -0.00143 e. The Morgan fingerprint density at radius 3 is 1.05 bits per heavy atom. The van der Waals surface area contributed by atoms with Gasteiger partial charge in [0.05, 0.1) is 0 Å². The minimum Gasteiger partial charge on any atom is -0.0817 e. The maximum absolute atomic E-state index is 2.42. The van der Waals surface area contributed by atoms with Gasteiger partial charge in [-0.15, -0.1) is 0 Å². The van der Waals surface area contributed by atoms with Crippen molar-refractivity contribution < 1.29 is 0 Å². The Morgan fingerprint density at radius 2 is 0.667 bits per heavy atom. The van der Waals surface area contributed by atoms with E-state index in [0.29, 0.717) is 0 Å². The van der Waals surface area contributed by atoms with Crippen LogP contribution in [0.2, 0.25) is 0 Å². The van der Waals surface area contributed by atoms with Gasteiger partial charge in [-0.3, -0.25) is 0 Å². The van der Waals surface area contributed by atoms with Gasteiger partial charge in [-0.05, 0) is 80.3 Å². The van der Waals surface area contributed by atoms with Crippen molar-refractivity contribution in [3.63, 3.8) is 0 Å². The SMILES string of the molecule is CP(C)c1ccc(-c2cc(-c3ccccc3)c(-c3ccccc3)c(-c3ccccc3)c2-c2ccccc2)cc1. The van der Waals surface area contributed by atoms with Crippen molar-refractivity contribution in [2.45, 2.75) is 0 Å². The van der Waals surface area contributed by atoms with Gasteiger partial charge in [0.25, 0.3) is 0 Å². The second-order valence-corrected chi connectivity index (χ2v) is 12.3. The molecule has 6 aromatic rings. The Bertz CT molecular complexity index is 1670. The Hall–Kier alpha value is -4.25. The van der Waals surface area contributed by atoms with Crippen LogP contribution in [0.4, 0.5) is 0 Å². The van der Waals surface area contributed by atoms with Crippen molar-refractivity contribution in [3.05, 3.63) is 152 Å². The molecule has 6 rings (SSSR count). The summed E-state index contributed by atoms with van der Waals surface area (Å²) in [6.45, 7) is 4.63. The van der Waals surface area contributed by atoms with Gasteiger partial charge >= 0.3 is 0 Å². The molecule has 0 radical (unpaired) electrons. The normalized spacial score (nSPS) is 11.1. The lowest BCUT2D eigenvalue weighted by molar-refractivity contribution is 1.53. The zero-order valence-corrected chi connectivity index (χ0v) is 23.3. The van der Waals surface area contributed by atoms with E-state index < -0.39 is 0 Å². The summed E-state index contributed by atoms with van der Waals surface area (Å²) >= 11 is 0. The molecule has 6 aromatic carbocycles. The Morgan fingerprint density at radius 1 is 0.333 bits per heavy atom. The molecular weight excluding hydrogens is 487 g/mol. The van der Waals surface area contributed by atoms with Crippen molar-refractivity contribution >= 4 is 13.2 Å². The molecular formula is C38H31P. The number of hydrogen-bond donors (Lipinski definition) is 0. The summed E-state index contributed by atoms with van der Waals surface area (Å²) in [6.07, 6.45) is 0. The minimum absolute atomic E-state index is 0.149. The lowest BCUT2D eigenvalue weighted by Gasteiger charge is -2.24. The molecule has 0 fully saturated rings. The molecule has 0 unspecified atom stereocenters. The number of benzene rings is 6. The Balaban J connectivity index is 1.80. The van der Waals surface area contributed by atoms with E-state index in [1.54, 1.807) is 0 Å². The molecule has 0 spiro atoms. The van der Waals surface area contributed by atoms with Crippen molar-refractivity contribution in [2.75, 3.05) is 13.3 Å². The summed E-state index contributed by atoms with van der Waals surface area (Å²) < 4.78 is 0. The summed E-state index contributed by atoms with van der Waals surface area (Å²) in [5.74, 6) is 0.